The molecule has 0 atom stereocenters. The number of amides is 1. The van der Waals surface area contributed by atoms with Gasteiger partial charge in [0.25, 0.3) is 5.91 Å². The first-order valence-corrected chi connectivity index (χ1v) is 10.9. The van der Waals surface area contributed by atoms with Crippen molar-refractivity contribution < 1.29 is 14.3 Å². The highest BCUT2D eigenvalue weighted by Gasteiger charge is 2.26. The van der Waals surface area contributed by atoms with E-state index in [4.69, 9.17) is 4.74 Å². The number of benzene rings is 3. The van der Waals surface area contributed by atoms with Gasteiger partial charge in [0.05, 0.1) is 18.4 Å². The van der Waals surface area contributed by atoms with E-state index >= 15 is 0 Å². The summed E-state index contributed by atoms with van der Waals surface area (Å²) in [4.78, 5) is 30.4. The van der Waals surface area contributed by atoms with Gasteiger partial charge in [-0.05, 0) is 42.5 Å². The Morgan fingerprint density at radius 2 is 1.42 bits per heavy atom. The molecule has 1 amide bonds. The number of carbonyl (C=O) groups excluding carboxylic acids is 2. The summed E-state index contributed by atoms with van der Waals surface area (Å²) in [5, 5.41) is 0. The lowest BCUT2D eigenvalue weighted by atomic mass is 9.97. The van der Waals surface area contributed by atoms with Gasteiger partial charge in [0, 0.05) is 41.8 Å². The van der Waals surface area contributed by atoms with Gasteiger partial charge in [-0.25, -0.2) is 0 Å². The highest BCUT2D eigenvalue weighted by molar-refractivity contribution is 9.10. The molecular weight excluding hydrogens is 456 g/mol. The molecule has 0 spiro atoms. The van der Waals surface area contributed by atoms with Gasteiger partial charge in [0.1, 0.15) is 5.75 Å². The number of methoxy groups -OCH3 is 1. The van der Waals surface area contributed by atoms with Crippen LogP contribution in [0.2, 0.25) is 0 Å². The largest absolute Gasteiger partial charge is 0.495 e. The summed E-state index contributed by atoms with van der Waals surface area (Å²) in [6, 6.07) is 22.1. The Balaban J connectivity index is 1.51. The van der Waals surface area contributed by atoms with Crippen molar-refractivity contribution in [1.82, 2.24) is 4.90 Å². The van der Waals surface area contributed by atoms with Gasteiger partial charge in [-0.15, -0.1) is 0 Å². The van der Waals surface area contributed by atoms with E-state index in [1.54, 1.807) is 43.5 Å². The van der Waals surface area contributed by atoms with Crippen molar-refractivity contribution in [2.45, 2.75) is 0 Å². The Kier molecular flexibility index (Phi) is 6.37. The molecule has 6 heteroatoms. The van der Waals surface area contributed by atoms with Crippen molar-refractivity contribution in [3.63, 3.8) is 0 Å². The summed E-state index contributed by atoms with van der Waals surface area (Å²) in [5.74, 6) is 0.567. The third kappa shape index (κ3) is 4.49. The maximum atomic E-state index is 13.3. The predicted octanol–water partition coefficient (Wildman–Crippen LogP) is 4.65. The smallest absolute Gasteiger partial charge is 0.254 e. The first kappa shape index (κ1) is 21.1. The molecule has 1 heterocycles. The summed E-state index contributed by atoms with van der Waals surface area (Å²) >= 11 is 3.39. The van der Waals surface area contributed by atoms with Crippen LogP contribution in [0.15, 0.2) is 77.3 Å². The van der Waals surface area contributed by atoms with Crippen molar-refractivity contribution in [2.24, 2.45) is 0 Å². The summed E-state index contributed by atoms with van der Waals surface area (Å²) in [5.41, 5.74) is 2.47. The normalized spacial score (nSPS) is 13.7. The first-order chi connectivity index (χ1) is 15.1. The number of para-hydroxylation sites is 2. The molecule has 0 aromatic heterocycles. The maximum Gasteiger partial charge on any atom is 0.254 e. The zero-order valence-corrected chi connectivity index (χ0v) is 18.8. The molecule has 1 fully saturated rings. The number of nitrogens with zero attached hydrogens (tertiary/aromatic N) is 2. The molecule has 1 saturated heterocycles. The Morgan fingerprint density at radius 3 is 2.10 bits per heavy atom. The predicted molar refractivity (Wildman–Crippen MR) is 125 cm³/mol. The molecule has 158 valence electrons. The quantitative estimate of drug-likeness (QED) is 0.500. The van der Waals surface area contributed by atoms with Crippen molar-refractivity contribution >= 4 is 33.3 Å². The van der Waals surface area contributed by atoms with Crippen LogP contribution in [0.1, 0.15) is 26.3 Å². The van der Waals surface area contributed by atoms with Crippen LogP contribution < -0.4 is 9.64 Å². The van der Waals surface area contributed by atoms with Gasteiger partial charge < -0.3 is 14.5 Å². The number of hydrogen-bond donors (Lipinski definition) is 0. The van der Waals surface area contributed by atoms with Crippen LogP contribution in [0.5, 0.6) is 5.75 Å². The fraction of sp³-hybridized carbons (Fsp3) is 0.200. The number of halogens is 1. The van der Waals surface area contributed by atoms with Crippen LogP contribution in [0.25, 0.3) is 0 Å². The zero-order valence-electron chi connectivity index (χ0n) is 17.3. The monoisotopic (exact) mass is 478 g/mol. The third-order valence-electron chi connectivity index (χ3n) is 5.50. The second-order valence-corrected chi connectivity index (χ2v) is 8.25. The molecule has 0 unspecified atom stereocenters. The van der Waals surface area contributed by atoms with Gasteiger partial charge in [-0.1, -0.05) is 46.3 Å². The molecule has 4 rings (SSSR count). The minimum Gasteiger partial charge on any atom is -0.495 e. The molecule has 0 aliphatic carbocycles. The molecule has 0 N–H and O–H groups in total. The fourth-order valence-electron chi connectivity index (χ4n) is 3.84. The van der Waals surface area contributed by atoms with Crippen LogP contribution in [0.4, 0.5) is 5.69 Å². The highest BCUT2D eigenvalue weighted by atomic mass is 79.9. The van der Waals surface area contributed by atoms with E-state index in [-0.39, 0.29) is 11.7 Å². The molecule has 3 aromatic rings. The van der Waals surface area contributed by atoms with Crippen LogP contribution >= 0.6 is 15.9 Å². The van der Waals surface area contributed by atoms with E-state index < -0.39 is 0 Å². The Labute approximate surface area is 190 Å². The molecule has 3 aromatic carbocycles. The summed E-state index contributed by atoms with van der Waals surface area (Å²) in [7, 11) is 1.66. The SMILES string of the molecule is COc1ccccc1N1CCN(C(=O)c2ccccc2C(=O)c2ccc(Br)cc2)CC1. The standard InChI is InChI=1S/C25H23BrN2O3/c1-31-23-9-5-4-8-22(23)27-14-16-28(17-15-27)25(30)21-7-3-2-6-20(21)24(29)18-10-12-19(26)13-11-18/h2-13H,14-17H2,1H3. The van der Waals surface area contributed by atoms with Crippen molar-refractivity contribution in [2.75, 3.05) is 38.2 Å². The molecular formula is C25H23BrN2O3. The topological polar surface area (TPSA) is 49.9 Å². The first-order valence-electron chi connectivity index (χ1n) is 10.1. The van der Waals surface area contributed by atoms with Crippen molar-refractivity contribution in [3.8, 4) is 5.75 Å². The van der Waals surface area contributed by atoms with E-state index in [1.165, 1.54) is 0 Å². The van der Waals surface area contributed by atoms with Crippen LogP contribution in [0.3, 0.4) is 0 Å². The fourth-order valence-corrected chi connectivity index (χ4v) is 4.10. The maximum absolute atomic E-state index is 13.3. The van der Waals surface area contributed by atoms with E-state index in [2.05, 4.69) is 20.8 Å². The second kappa shape index (κ2) is 9.35. The van der Waals surface area contributed by atoms with Crippen molar-refractivity contribution in [3.05, 3.63) is 94.0 Å². The molecule has 0 bridgehead atoms. The molecule has 31 heavy (non-hydrogen) atoms. The summed E-state index contributed by atoms with van der Waals surface area (Å²) in [6.45, 7) is 2.57. The van der Waals surface area contributed by atoms with E-state index in [9.17, 15) is 9.59 Å². The van der Waals surface area contributed by atoms with Crippen LogP contribution in [-0.2, 0) is 0 Å². The lowest BCUT2D eigenvalue weighted by Crippen LogP contribution is -2.49. The molecule has 0 saturated carbocycles. The third-order valence-corrected chi connectivity index (χ3v) is 6.03. The zero-order chi connectivity index (χ0) is 21.8. The lowest BCUT2D eigenvalue weighted by molar-refractivity contribution is 0.0742. The number of ether oxygens (including phenoxy) is 1. The number of rotatable bonds is 5. The summed E-state index contributed by atoms with van der Waals surface area (Å²) < 4.78 is 6.38. The number of hydrogen-bond acceptors (Lipinski definition) is 4. The Bertz CT molecular complexity index is 1090. The molecule has 5 nitrogen and oxygen atoms in total. The molecule has 1 aliphatic heterocycles. The van der Waals surface area contributed by atoms with Gasteiger partial charge in [0.2, 0.25) is 0 Å². The Hall–Kier alpha value is -3.12. The number of anilines is 1. The highest BCUT2D eigenvalue weighted by Crippen LogP contribution is 2.28. The Morgan fingerprint density at radius 1 is 0.806 bits per heavy atom. The van der Waals surface area contributed by atoms with Gasteiger partial charge in [0.15, 0.2) is 5.78 Å². The molecule has 1 aliphatic rings. The van der Waals surface area contributed by atoms with Gasteiger partial charge in [-0.2, -0.15) is 0 Å². The summed E-state index contributed by atoms with van der Waals surface area (Å²) in [6.07, 6.45) is 0. The van der Waals surface area contributed by atoms with Gasteiger partial charge >= 0.3 is 0 Å². The van der Waals surface area contributed by atoms with E-state index in [0.717, 1.165) is 15.9 Å². The molecule has 0 radical (unpaired) electrons. The van der Waals surface area contributed by atoms with E-state index in [1.807, 2.05) is 41.3 Å². The van der Waals surface area contributed by atoms with Crippen LogP contribution in [0, 0.1) is 0 Å². The number of ketones is 1. The van der Waals surface area contributed by atoms with Gasteiger partial charge in [-0.3, -0.25) is 9.59 Å². The van der Waals surface area contributed by atoms with Crippen LogP contribution in [-0.4, -0.2) is 49.9 Å². The number of carbonyl (C=O) groups is 2. The second-order valence-electron chi connectivity index (χ2n) is 7.33. The number of piperazine rings is 1. The minimum atomic E-state index is -0.149. The lowest BCUT2D eigenvalue weighted by Gasteiger charge is -2.36. The average Bonchev–Trinajstić information content (AvgIpc) is 2.83. The average molecular weight is 479 g/mol. The minimum absolute atomic E-state index is 0.110. The van der Waals surface area contributed by atoms with E-state index in [0.29, 0.717) is 42.9 Å². The van der Waals surface area contributed by atoms with Crippen molar-refractivity contribution in [1.29, 1.82) is 0 Å².